The smallest absolute Gasteiger partial charge is 0.188 e. The number of aliphatic hydroxyl groups is 3. The molecular weight excluding hydrogens is 979 g/mol. The summed E-state index contributed by atoms with van der Waals surface area (Å²) in [5.41, 5.74) is 13.4. The van der Waals surface area contributed by atoms with Gasteiger partial charge in [-0.15, -0.1) is 5.92 Å². The van der Waals surface area contributed by atoms with Gasteiger partial charge in [0.25, 0.3) is 0 Å². The SMILES string of the molecule is CCC1CC2C=CC1CC(O)CC13CCCC14CCOC1(CCC(C#CCC(CC5C(CO)CCCC5Oc5cc(ccc5O)C5Oc6cc(OC)c7c(c6CC5O)C2Cc2cc(O)c(CC(C)C)cc2-7)NC(N)=NC3)C1)C4. The minimum absolute atomic E-state index is 0.000862. The van der Waals surface area contributed by atoms with Gasteiger partial charge in [0.15, 0.2) is 17.5 Å². The number of phenolic OH excluding ortho intramolecular Hbond substituents is 2. The van der Waals surface area contributed by atoms with Crippen molar-refractivity contribution in [3.05, 3.63) is 76.4 Å². The second-order valence-electron chi connectivity index (χ2n) is 26.4. The fourth-order valence-electron chi connectivity index (χ4n) is 17.6. The van der Waals surface area contributed by atoms with Crippen molar-refractivity contribution in [2.45, 2.75) is 191 Å². The largest absolute Gasteiger partial charge is 0.508 e. The van der Waals surface area contributed by atoms with Crippen LogP contribution < -0.4 is 25.3 Å². The number of nitrogens with two attached hydrogens (primary N) is 1. The predicted molar refractivity (Wildman–Crippen MR) is 303 cm³/mol. The minimum Gasteiger partial charge on any atom is -0.508 e. The lowest BCUT2D eigenvalue weighted by molar-refractivity contribution is -0.157. The van der Waals surface area contributed by atoms with E-state index in [1.807, 2.05) is 24.3 Å². The first-order valence-corrected chi connectivity index (χ1v) is 30.3. The lowest BCUT2D eigenvalue weighted by atomic mass is 9.56. The second kappa shape index (κ2) is 21.5. The molecule has 15 atom stereocenters. The summed E-state index contributed by atoms with van der Waals surface area (Å²) >= 11 is 0. The summed E-state index contributed by atoms with van der Waals surface area (Å²) in [7, 11) is 1.72. The Labute approximate surface area is 463 Å². The molecule has 15 unspecified atom stereocenters. The summed E-state index contributed by atoms with van der Waals surface area (Å²) in [4.78, 5) is 5.32. The molecule has 7 heterocycles. The van der Waals surface area contributed by atoms with E-state index in [4.69, 9.17) is 29.7 Å². The maximum atomic E-state index is 12.8. The van der Waals surface area contributed by atoms with Crippen LogP contribution in [0.15, 0.2) is 53.5 Å². The van der Waals surface area contributed by atoms with Crippen LogP contribution in [0.3, 0.4) is 0 Å². The molecule has 0 aromatic heterocycles. The number of fused-ring (bicyclic) bond motifs is 3. The molecule has 3 saturated carbocycles. The Kier molecular flexibility index (Phi) is 14.8. The normalized spacial score (nSPS) is 37.0. The standard InChI is InChI=1S/C66H87N3O9/c1-5-40-24-42-14-13-41(40)25-48(71)34-65-19-8-18-64(65)21-22-76-66(36-64)20-17-39(33-66)9-6-11-47(69-63(67)68-37-65)30-49-44(35-70)10-7-12-56(49)77-58-29-43(15-16-53(58)72)62-55(74)31-52-57(78-62)32-59(75-4)61-51-27-46(23-38(2)3)54(73)28-45(51)26-50(42)60(52)61/h13-16,27-29,32,38-42,44,47-50,55-56,62,70-74H,5,7-8,10-12,17-26,30-31,33-37H2,1-4H3,(H3,67,68,69). The Morgan fingerprint density at radius 3 is 2.55 bits per heavy atom. The number of rotatable bonds is 5. The summed E-state index contributed by atoms with van der Waals surface area (Å²) in [6, 6.07) is 11.3. The molecule has 3 spiro atoms. The second-order valence-corrected chi connectivity index (χ2v) is 26.4. The predicted octanol–water partition coefficient (Wildman–Crippen LogP) is 10.8. The number of aromatic hydroxyl groups is 2. The third-order valence-corrected chi connectivity index (χ3v) is 21.4. The number of hydrogen-bond donors (Lipinski definition) is 7. The molecule has 13 bridgehead atoms. The zero-order chi connectivity index (χ0) is 54.1. The number of guanidine groups is 1. The van der Waals surface area contributed by atoms with E-state index in [0.717, 1.165) is 130 Å². The van der Waals surface area contributed by atoms with Gasteiger partial charge in [0.05, 0.1) is 24.9 Å². The number of benzene rings is 3. The lowest BCUT2D eigenvalue weighted by Gasteiger charge is -2.54. The van der Waals surface area contributed by atoms with Crippen LogP contribution in [0.1, 0.15) is 170 Å². The number of methoxy groups -OCH3 is 1. The molecule has 0 radical (unpaired) electrons. The topological polar surface area (TPSA) is 188 Å². The van der Waals surface area contributed by atoms with Crippen LogP contribution >= 0.6 is 0 Å². The van der Waals surface area contributed by atoms with Gasteiger partial charge in [-0.05, 0) is 201 Å². The van der Waals surface area contributed by atoms with Gasteiger partial charge in [0.1, 0.15) is 29.5 Å². The van der Waals surface area contributed by atoms with Crippen LogP contribution in [0.4, 0.5) is 0 Å². The first-order valence-electron chi connectivity index (χ1n) is 30.3. The first kappa shape index (κ1) is 53.7. The van der Waals surface area contributed by atoms with Crippen LogP contribution in [-0.4, -0.2) is 88.3 Å². The number of aliphatic imine (C=N–C) groups is 1. The van der Waals surface area contributed by atoms with E-state index in [9.17, 15) is 25.5 Å². The van der Waals surface area contributed by atoms with Gasteiger partial charge in [0.2, 0.25) is 0 Å². The number of ether oxygens (including phenoxy) is 4. The Morgan fingerprint density at radius 1 is 0.885 bits per heavy atom. The van der Waals surface area contributed by atoms with Crippen LogP contribution in [0.2, 0.25) is 0 Å². The molecule has 12 aliphatic rings. The van der Waals surface area contributed by atoms with E-state index in [-0.39, 0.29) is 76.4 Å². The highest BCUT2D eigenvalue weighted by Gasteiger charge is 2.61. The fourth-order valence-corrected chi connectivity index (χ4v) is 17.6. The maximum Gasteiger partial charge on any atom is 0.188 e. The number of aliphatic hydroxyl groups excluding tert-OH is 3. The van der Waals surface area contributed by atoms with Crippen LogP contribution in [0.5, 0.6) is 28.7 Å². The number of nitrogens with one attached hydrogen (secondary N) is 1. The zero-order valence-electron chi connectivity index (χ0n) is 46.8. The third kappa shape index (κ3) is 9.87. The van der Waals surface area contributed by atoms with E-state index >= 15 is 0 Å². The molecule has 5 aliphatic carbocycles. The summed E-state index contributed by atoms with van der Waals surface area (Å²) in [5.74, 6) is 10.8. The van der Waals surface area contributed by atoms with Crippen molar-refractivity contribution in [3.8, 4) is 51.7 Å². The number of allylic oxidation sites excluding steroid dienone is 2. The van der Waals surface area contributed by atoms with Crippen molar-refractivity contribution in [1.29, 1.82) is 0 Å². The monoisotopic (exact) mass is 1070 g/mol. The lowest BCUT2D eigenvalue weighted by Crippen LogP contribution is -2.52. The molecule has 12 heteroatoms. The van der Waals surface area contributed by atoms with Gasteiger partial charge >= 0.3 is 0 Å². The maximum absolute atomic E-state index is 12.8. The van der Waals surface area contributed by atoms with Crippen molar-refractivity contribution in [2.75, 3.05) is 26.9 Å². The van der Waals surface area contributed by atoms with E-state index < -0.39 is 18.3 Å². The van der Waals surface area contributed by atoms with Crippen molar-refractivity contribution in [1.82, 2.24) is 5.32 Å². The van der Waals surface area contributed by atoms with Crippen LogP contribution in [0, 0.1) is 64.1 Å². The number of hydrogen-bond acceptors (Lipinski definition) is 12. The summed E-state index contributed by atoms with van der Waals surface area (Å²) in [5, 5.41) is 63.1. The summed E-state index contributed by atoms with van der Waals surface area (Å²) < 4.78 is 27.3. The molecular formula is C66H87N3O9. The molecule has 4 fully saturated rings. The fraction of sp³-hybridized carbons (Fsp3) is 0.652. The molecule has 3 aromatic carbocycles. The van der Waals surface area contributed by atoms with Gasteiger partial charge in [0, 0.05) is 67.7 Å². The van der Waals surface area contributed by atoms with Gasteiger partial charge in [-0.3, -0.25) is 4.99 Å². The molecule has 7 aliphatic heterocycles. The molecule has 15 rings (SSSR count). The minimum atomic E-state index is -0.925. The molecule has 78 heavy (non-hydrogen) atoms. The Balaban J connectivity index is 0.988. The molecule has 0 amide bonds. The highest BCUT2D eigenvalue weighted by molar-refractivity contribution is 5.84. The van der Waals surface area contributed by atoms with Crippen molar-refractivity contribution >= 4 is 5.96 Å². The molecule has 420 valence electrons. The molecule has 8 N–H and O–H groups in total. The number of phenols is 2. The van der Waals surface area contributed by atoms with Crippen molar-refractivity contribution < 1.29 is 44.5 Å². The highest BCUT2D eigenvalue weighted by Crippen LogP contribution is 2.65. The van der Waals surface area contributed by atoms with Gasteiger partial charge in [-0.2, -0.15) is 0 Å². The molecule has 3 aromatic rings. The van der Waals surface area contributed by atoms with Gasteiger partial charge < -0.3 is 55.5 Å². The Hall–Kier alpha value is -4.93. The Morgan fingerprint density at radius 2 is 1.73 bits per heavy atom. The van der Waals surface area contributed by atoms with Gasteiger partial charge in [-0.1, -0.05) is 57.8 Å². The zero-order valence-corrected chi connectivity index (χ0v) is 46.8. The average molecular weight is 1070 g/mol. The molecule has 1 saturated heterocycles. The van der Waals surface area contributed by atoms with Gasteiger partial charge in [-0.25, -0.2) is 0 Å². The Bertz CT molecular complexity index is 2850. The van der Waals surface area contributed by atoms with Crippen molar-refractivity contribution in [2.24, 2.45) is 63.0 Å². The first-order chi connectivity index (χ1) is 37.7. The van der Waals surface area contributed by atoms with E-state index in [0.29, 0.717) is 91.4 Å². The van der Waals surface area contributed by atoms with Crippen molar-refractivity contribution in [3.63, 3.8) is 0 Å². The molecule has 12 nitrogen and oxygen atoms in total. The van der Waals surface area contributed by atoms with E-state index in [2.05, 4.69) is 56.1 Å². The summed E-state index contributed by atoms with van der Waals surface area (Å²) in [6.45, 7) is 7.91. The highest BCUT2D eigenvalue weighted by atomic mass is 16.5. The quantitative estimate of drug-likeness (QED) is 0.0952. The van der Waals surface area contributed by atoms with E-state index in [1.165, 1.54) is 0 Å². The van der Waals surface area contributed by atoms with E-state index in [1.54, 1.807) is 13.2 Å². The third-order valence-electron chi connectivity index (χ3n) is 21.4. The number of nitrogens with zero attached hydrogens (tertiary/aromatic N) is 1. The average Bonchev–Trinajstić information content (AvgIpc) is 4.05. The van der Waals surface area contributed by atoms with Crippen LogP contribution in [-0.2, 0) is 24.0 Å². The summed E-state index contributed by atoms with van der Waals surface area (Å²) in [6.07, 6.45) is 19.0. The van der Waals surface area contributed by atoms with Crippen LogP contribution in [0.25, 0.3) is 11.1 Å².